The topological polar surface area (TPSA) is 9.23 Å². The van der Waals surface area contributed by atoms with Crippen LogP contribution in [0.2, 0.25) is 10.0 Å². The molecule has 0 saturated heterocycles. The summed E-state index contributed by atoms with van der Waals surface area (Å²) in [6.45, 7) is 4.13. The van der Waals surface area contributed by atoms with Gasteiger partial charge in [0, 0.05) is 15.6 Å². The molecular weight excluding hydrogens is 207 g/mol. The molecule has 0 unspecified atom stereocenters. The van der Waals surface area contributed by atoms with Gasteiger partial charge in [-0.15, -0.1) is 0 Å². The monoisotopic (exact) mass is 218 g/mol. The number of rotatable bonds is 2. The molecule has 0 aliphatic carbocycles. The van der Waals surface area contributed by atoms with E-state index in [0.717, 1.165) is 11.3 Å². The Labute approximate surface area is 88.6 Å². The van der Waals surface area contributed by atoms with E-state index >= 15 is 0 Å². The van der Waals surface area contributed by atoms with E-state index in [1.54, 1.807) is 19.2 Å². The summed E-state index contributed by atoms with van der Waals surface area (Å²) >= 11 is 11.9. The minimum Gasteiger partial charge on any atom is -0.496 e. The number of halogens is 2. The molecule has 0 fully saturated rings. The van der Waals surface area contributed by atoms with Crippen molar-refractivity contribution in [2.75, 3.05) is 7.11 Å². The highest BCUT2D eigenvalue weighted by Gasteiger charge is 2.12. The Hall–Kier alpha value is -0.400. The van der Waals surface area contributed by atoms with Crippen LogP contribution in [0.4, 0.5) is 0 Å². The summed E-state index contributed by atoms with van der Waals surface area (Å²) in [7, 11) is 1.62. The Morgan fingerprint density at radius 1 is 1.23 bits per heavy atom. The molecule has 1 aromatic rings. The van der Waals surface area contributed by atoms with E-state index in [1.807, 2.05) is 0 Å². The highest BCUT2D eigenvalue weighted by Crippen LogP contribution is 2.35. The summed E-state index contributed by atoms with van der Waals surface area (Å²) in [6, 6.07) is 3.52. The second-order valence-electron chi connectivity index (χ2n) is 3.16. The average molecular weight is 219 g/mol. The first-order valence-electron chi connectivity index (χ1n) is 4.09. The van der Waals surface area contributed by atoms with Crippen LogP contribution in [-0.4, -0.2) is 7.11 Å². The van der Waals surface area contributed by atoms with Crippen LogP contribution in [0.15, 0.2) is 12.1 Å². The second-order valence-corrected chi connectivity index (χ2v) is 4.00. The molecule has 0 bridgehead atoms. The summed E-state index contributed by atoms with van der Waals surface area (Å²) in [4.78, 5) is 0. The molecule has 13 heavy (non-hydrogen) atoms. The molecule has 0 atom stereocenters. The van der Waals surface area contributed by atoms with Gasteiger partial charge in [-0.1, -0.05) is 37.0 Å². The summed E-state index contributed by atoms with van der Waals surface area (Å²) in [5.74, 6) is 1.09. The second kappa shape index (κ2) is 4.21. The maximum atomic E-state index is 6.04. The Morgan fingerprint density at radius 2 is 1.85 bits per heavy atom. The molecule has 0 spiro atoms. The Balaban J connectivity index is 3.30. The highest BCUT2D eigenvalue weighted by molar-refractivity contribution is 6.35. The normalized spacial score (nSPS) is 10.6. The van der Waals surface area contributed by atoms with Crippen molar-refractivity contribution in [3.05, 3.63) is 27.7 Å². The van der Waals surface area contributed by atoms with Gasteiger partial charge in [-0.2, -0.15) is 0 Å². The number of methoxy groups -OCH3 is 1. The van der Waals surface area contributed by atoms with Crippen molar-refractivity contribution in [2.24, 2.45) is 0 Å². The first kappa shape index (κ1) is 10.7. The van der Waals surface area contributed by atoms with E-state index in [4.69, 9.17) is 27.9 Å². The van der Waals surface area contributed by atoms with E-state index in [9.17, 15) is 0 Å². The predicted molar refractivity (Wildman–Crippen MR) is 57.1 cm³/mol. The average Bonchev–Trinajstić information content (AvgIpc) is 2.01. The Morgan fingerprint density at radius 3 is 2.31 bits per heavy atom. The van der Waals surface area contributed by atoms with Gasteiger partial charge in [-0.25, -0.2) is 0 Å². The fourth-order valence-electron chi connectivity index (χ4n) is 1.29. The zero-order chi connectivity index (χ0) is 10.0. The van der Waals surface area contributed by atoms with E-state index in [-0.39, 0.29) is 0 Å². The van der Waals surface area contributed by atoms with E-state index in [2.05, 4.69) is 13.8 Å². The predicted octanol–water partition coefficient (Wildman–Crippen LogP) is 4.13. The molecule has 0 heterocycles. The third-order valence-electron chi connectivity index (χ3n) is 1.85. The lowest BCUT2D eigenvalue weighted by molar-refractivity contribution is 0.407. The van der Waals surface area contributed by atoms with E-state index in [0.29, 0.717) is 16.0 Å². The number of ether oxygens (including phenoxy) is 1. The lowest BCUT2D eigenvalue weighted by Gasteiger charge is -2.13. The standard InChI is InChI=1S/C10H12Cl2O/c1-6(2)10-8(12)4-7(11)5-9(10)13-3/h4-6H,1-3H3. The van der Waals surface area contributed by atoms with Crippen molar-refractivity contribution in [1.82, 2.24) is 0 Å². The Kier molecular flexibility index (Phi) is 3.46. The molecular formula is C10H12Cl2O. The molecule has 0 amide bonds. The molecule has 1 rings (SSSR count). The van der Waals surface area contributed by atoms with Gasteiger partial charge in [-0.05, 0) is 18.1 Å². The Bertz CT molecular complexity index is 308. The first-order valence-corrected chi connectivity index (χ1v) is 4.84. The highest BCUT2D eigenvalue weighted by atomic mass is 35.5. The maximum Gasteiger partial charge on any atom is 0.125 e. The van der Waals surface area contributed by atoms with Gasteiger partial charge in [-0.3, -0.25) is 0 Å². The van der Waals surface area contributed by atoms with E-state index < -0.39 is 0 Å². The fourth-order valence-corrected chi connectivity index (χ4v) is 1.98. The van der Waals surface area contributed by atoms with Crippen molar-refractivity contribution in [3.8, 4) is 5.75 Å². The lowest BCUT2D eigenvalue weighted by atomic mass is 10.0. The lowest BCUT2D eigenvalue weighted by Crippen LogP contribution is -1.95. The summed E-state index contributed by atoms with van der Waals surface area (Å²) in [6.07, 6.45) is 0. The maximum absolute atomic E-state index is 6.04. The van der Waals surface area contributed by atoms with Crippen LogP contribution in [0.25, 0.3) is 0 Å². The molecule has 0 N–H and O–H groups in total. The molecule has 0 aromatic heterocycles. The minimum atomic E-state index is 0.333. The third-order valence-corrected chi connectivity index (χ3v) is 2.38. The van der Waals surface area contributed by atoms with Crippen LogP contribution in [0.1, 0.15) is 25.3 Å². The van der Waals surface area contributed by atoms with Gasteiger partial charge in [0.05, 0.1) is 7.11 Å². The van der Waals surface area contributed by atoms with Crippen molar-refractivity contribution in [3.63, 3.8) is 0 Å². The van der Waals surface area contributed by atoms with Crippen LogP contribution in [-0.2, 0) is 0 Å². The molecule has 0 aliphatic heterocycles. The molecule has 1 aromatic carbocycles. The number of hydrogen-bond acceptors (Lipinski definition) is 1. The molecule has 3 heteroatoms. The third kappa shape index (κ3) is 2.29. The molecule has 72 valence electrons. The summed E-state index contributed by atoms with van der Waals surface area (Å²) in [5.41, 5.74) is 1.01. The van der Waals surface area contributed by atoms with Crippen LogP contribution in [0, 0.1) is 0 Å². The zero-order valence-electron chi connectivity index (χ0n) is 7.90. The van der Waals surface area contributed by atoms with Crippen LogP contribution < -0.4 is 4.74 Å². The van der Waals surface area contributed by atoms with Gasteiger partial charge in [0.15, 0.2) is 0 Å². The van der Waals surface area contributed by atoms with Crippen LogP contribution >= 0.6 is 23.2 Å². The van der Waals surface area contributed by atoms with Crippen molar-refractivity contribution in [2.45, 2.75) is 19.8 Å². The largest absolute Gasteiger partial charge is 0.496 e. The molecule has 0 saturated carbocycles. The van der Waals surface area contributed by atoms with Gasteiger partial charge in [0.1, 0.15) is 5.75 Å². The minimum absolute atomic E-state index is 0.333. The van der Waals surface area contributed by atoms with Crippen LogP contribution in [0.3, 0.4) is 0 Å². The quantitative estimate of drug-likeness (QED) is 0.726. The number of benzene rings is 1. The van der Waals surface area contributed by atoms with Gasteiger partial charge < -0.3 is 4.74 Å². The van der Waals surface area contributed by atoms with E-state index in [1.165, 1.54) is 0 Å². The first-order chi connectivity index (χ1) is 6.06. The van der Waals surface area contributed by atoms with Gasteiger partial charge in [0.25, 0.3) is 0 Å². The summed E-state index contributed by atoms with van der Waals surface area (Å²) in [5, 5.41) is 1.27. The SMILES string of the molecule is COc1cc(Cl)cc(Cl)c1C(C)C. The van der Waals surface area contributed by atoms with Crippen molar-refractivity contribution in [1.29, 1.82) is 0 Å². The van der Waals surface area contributed by atoms with Crippen LogP contribution in [0.5, 0.6) is 5.75 Å². The summed E-state index contributed by atoms with van der Waals surface area (Å²) < 4.78 is 5.20. The van der Waals surface area contributed by atoms with Gasteiger partial charge >= 0.3 is 0 Å². The number of hydrogen-bond donors (Lipinski definition) is 0. The van der Waals surface area contributed by atoms with Gasteiger partial charge in [0.2, 0.25) is 0 Å². The van der Waals surface area contributed by atoms with Crippen molar-refractivity contribution >= 4 is 23.2 Å². The zero-order valence-corrected chi connectivity index (χ0v) is 9.41. The fraction of sp³-hybridized carbons (Fsp3) is 0.400. The smallest absolute Gasteiger partial charge is 0.125 e. The van der Waals surface area contributed by atoms with Crippen molar-refractivity contribution < 1.29 is 4.74 Å². The molecule has 0 aliphatic rings. The molecule has 1 nitrogen and oxygen atoms in total. The molecule has 0 radical (unpaired) electrons.